The van der Waals surface area contributed by atoms with E-state index in [1.165, 1.54) is 11.3 Å². The first-order valence-corrected chi connectivity index (χ1v) is 10.2. The van der Waals surface area contributed by atoms with Gasteiger partial charge in [-0.2, -0.15) is 5.26 Å². The third kappa shape index (κ3) is 4.64. The summed E-state index contributed by atoms with van der Waals surface area (Å²) in [6, 6.07) is 15.3. The molecule has 0 aliphatic heterocycles. The number of benzene rings is 2. The Kier molecular flexibility index (Phi) is 6.30. The average molecular weight is 407 g/mol. The summed E-state index contributed by atoms with van der Waals surface area (Å²) in [4.78, 5) is 16.8. The lowest BCUT2D eigenvalue weighted by molar-refractivity contribution is -0.138. The normalized spacial score (nSPS) is 11.8. The third-order valence-corrected chi connectivity index (χ3v) is 5.61. The summed E-state index contributed by atoms with van der Waals surface area (Å²) in [6.07, 6.45) is 2.34. The van der Waals surface area contributed by atoms with Crippen LogP contribution < -0.4 is 4.74 Å². The van der Waals surface area contributed by atoms with Gasteiger partial charge in [-0.15, -0.1) is 11.3 Å². The van der Waals surface area contributed by atoms with E-state index in [-0.39, 0.29) is 6.10 Å². The molecule has 0 radical (unpaired) electrons. The number of thiazole rings is 1. The lowest BCUT2D eigenvalue weighted by Gasteiger charge is -2.11. The maximum Gasteiger partial charge on any atom is 0.310 e. The summed E-state index contributed by atoms with van der Waals surface area (Å²) in [7, 11) is 0. The van der Waals surface area contributed by atoms with E-state index in [9.17, 15) is 15.2 Å². The number of rotatable bonds is 7. The number of nitrogens with zero attached hydrogens (tertiary/aromatic N) is 2. The van der Waals surface area contributed by atoms with E-state index in [1.807, 2.05) is 63.2 Å². The van der Waals surface area contributed by atoms with Gasteiger partial charge in [0.05, 0.1) is 22.5 Å². The summed E-state index contributed by atoms with van der Waals surface area (Å²) in [6.45, 7) is 5.72. The smallest absolute Gasteiger partial charge is 0.310 e. The Morgan fingerprint density at radius 1 is 1.21 bits per heavy atom. The van der Waals surface area contributed by atoms with E-state index in [1.54, 1.807) is 6.20 Å². The first-order valence-electron chi connectivity index (χ1n) is 9.43. The molecule has 1 atom stereocenters. The van der Waals surface area contributed by atoms with Crippen molar-refractivity contribution < 1.29 is 14.6 Å². The first-order chi connectivity index (χ1) is 13.9. The zero-order chi connectivity index (χ0) is 21.0. The fraction of sp³-hybridized carbons (Fsp3) is 0.261. The summed E-state index contributed by atoms with van der Waals surface area (Å²) < 4.78 is 5.68. The number of aliphatic carboxylic acids is 1. The van der Waals surface area contributed by atoms with Crippen LogP contribution in [0, 0.1) is 11.3 Å². The van der Waals surface area contributed by atoms with Crippen molar-refractivity contribution in [2.45, 2.75) is 39.2 Å². The van der Waals surface area contributed by atoms with Crippen LogP contribution in [0.3, 0.4) is 0 Å². The molecule has 1 heterocycles. The second-order valence-electron chi connectivity index (χ2n) is 6.94. The van der Waals surface area contributed by atoms with Crippen molar-refractivity contribution in [3.63, 3.8) is 0 Å². The zero-order valence-electron chi connectivity index (χ0n) is 16.5. The number of nitriles is 1. The van der Waals surface area contributed by atoms with Crippen LogP contribution in [0.5, 0.6) is 5.75 Å². The fourth-order valence-electron chi connectivity index (χ4n) is 3.08. The molecule has 6 heteroatoms. The molecule has 3 aromatic rings. The fourth-order valence-corrected chi connectivity index (χ4v) is 4.00. The molecule has 0 fully saturated rings. The predicted molar refractivity (Wildman–Crippen MR) is 114 cm³/mol. The molecule has 2 aromatic carbocycles. The second kappa shape index (κ2) is 8.89. The highest BCUT2D eigenvalue weighted by molar-refractivity contribution is 7.18. The van der Waals surface area contributed by atoms with Crippen molar-refractivity contribution in [1.82, 2.24) is 4.98 Å². The largest absolute Gasteiger partial charge is 0.490 e. The Hall–Kier alpha value is -3.17. The SMILES string of the molecule is CCC(C(=O)O)c1ccc(-c2ncc(-c3ccc(OC(C)C)c(C#N)c3)s2)cc1. The average Bonchev–Trinajstić information content (AvgIpc) is 3.19. The van der Waals surface area contributed by atoms with Gasteiger partial charge < -0.3 is 9.84 Å². The van der Waals surface area contributed by atoms with Gasteiger partial charge in [-0.1, -0.05) is 31.2 Å². The van der Waals surface area contributed by atoms with Crippen LogP contribution in [0.4, 0.5) is 0 Å². The number of carboxylic acids is 1. The molecular weight excluding hydrogens is 384 g/mol. The molecule has 0 bridgehead atoms. The van der Waals surface area contributed by atoms with Gasteiger partial charge >= 0.3 is 5.97 Å². The Balaban J connectivity index is 1.86. The summed E-state index contributed by atoms with van der Waals surface area (Å²) in [5.74, 6) is -0.725. The van der Waals surface area contributed by atoms with Crippen LogP contribution in [-0.4, -0.2) is 22.2 Å². The van der Waals surface area contributed by atoms with Crippen molar-refractivity contribution in [2.24, 2.45) is 0 Å². The topological polar surface area (TPSA) is 83.2 Å². The highest BCUT2D eigenvalue weighted by Crippen LogP contribution is 2.35. The number of aromatic nitrogens is 1. The summed E-state index contributed by atoms with van der Waals surface area (Å²) >= 11 is 1.53. The summed E-state index contributed by atoms with van der Waals surface area (Å²) in [5, 5.41) is 19.6. The minimum atomic E-state index is -0.810. The summed E-state index contributed by atoms with van der Waals surface area (Å²) in [5.41, 5.74) is 3.13. The molecular formula is C23H22N2O3S. The molecule has 0 amide bonds. The quantitative estimate of drug-likeness (QED) is 0.543. The number of hydrogen-bond donors (Lipinski definition) is 1. The third-order valence-electron chi connectivity index (χ3n) is 4.52. The molecule has 148 valence electrons. The second-order valence-corrected chi connectivity index (χ2v) is 7.97. The molecule has 0 aliphatic carbocycles. The number of ether oxygens (including phenoxy) is 1. The van der Waals surface area contributed by atoms with Gasteiger partial charge in [0.15, 0.2) is 0 Å². The van der Waals surface area contributed by atoms with Gasteiger partial charge in [0.25, 0.3) is 0 Å². The molecule has 0 aliphatic rings. The monoisotopic (exact) mass is 406 g/mol. The van der Waals surface area contributed by atoms with Crippen LogP contribution in [0.2, 0.25) is 0 Å². The minimum absolute atomic E-state index is 0.000591. The van der Waals surface area contributed by atoms with E-state index in [0.717, 1.165) is 26.6 Å². The van der Waals surface area contributed by atoms with Crippen molar-refractivity contribution in [1.29, 1.82) is 5.26 Å². The lowest BCUT2D eigenvalue weighted by atomic mass is 9.96. The van der Waals surface area contributed by atoms with Gasteiger partial charge in [-0.05, 0) is 49.6 Å². The molecule has 29 heavy (non-hydrogen) atoms. The molecule has 1 unspecified atom stereocenters. The van der Waals surface area contributed by atoms with E-state index < -0.39 is 11.9 Å². The van der Waals surface area contributed by atoms with Crippen molar-refractivity contribution >= 4 is 17.3 Å². The van der Waals surface area contributed by atoms with Crippen LogP contribution in [-0.2, 0) is 4.79 Å². The van der Waals surface area contributed by atoms with Crippen molar-refractivity contribution in [3.05, 3.63) is 59.8 Å². The number of hydrogen-bond acceptors (Lipinski definition) is 5. The maximum atomic E-state index is 11.3. The van der Waals surface area contributed by atoms with Gasteiger partial charge in [0.2, 0.25) is 0 Å². The Morgan fingerprint density at radius 3 is 2.48 bits per heavy atom. The maximum absolute atomic E-state index is 11.3. The number of carboxylic acid groups (broad SMARTS) is 1. The molecule has 0 saturated carbocycles. The Morgan fingerprint density at radius 2 is 1.90 bits per heavy atom. The molecule has 1 N–H and O–H groups in total. The van der Waals surface area contributed by atoms with Gasteiger partial charge in [-0.3, -0.25) is 4.79 Å². The standard InChI is InChI=1S/C23H22N2O3S/c1-4-19(23(26)27)15-5-7-16(8-6-15)22-25-13-21(29-22)17-9-10-20(28-14(2)3)18(11-17)12-24/h5-11,13-14,19H,4H2,1-3H3,(H,26,27). The van der Waals surface area contributed by atoms with Gasteiger partial charge in [0.1, 0.15) is 16.8 Å². The first kappa shape index (κ1) is 20.6. The number of carbonyl (C=O) groups is 1. The van der Waals surface area contributed by atoms with Crippen LogP contribution in [0.25, 0.3) is 21.0 Å². The Bertz CT molecular complexity index is 1050. The van der Waals surface area contributed by atoms with Crippen LogP contribution in [0.1, 0.15) is 44.2 Å². The Labute approximate surface area is 174 Å². The van der Waals surface area contributed by atoms with Gasteiger partial charge in [-0.25, -0.2) is 4.98 Å². The van der Waals surface area contributed by atoms with Crippen molar-refractivity contribution in [2.75, 3.05) is 0 Å². The molecule has 3 rings (SSSR count). The van der Waals surface area contributed by atoms with E-state index >= 15 is 0 Å². The van der Waals surface area contributed by atoms with E-state index in [4.69, 9.17) is 4.74 Å². The van der Waals surface area contributed by atoms with Crippen molar-refractivity contribution in [3.8, 4) is 32.8 Å². The van der Waals surface area contributed by atoms with E-state index in [0.29, 0.717) is 17.7 Å². The molecule has 0 spiro atoms. The predicted octanol–water partition coefficient (Wildman–Crippen LogP) is 5.71. The highest BCUT2D eigenvalue weighted by Gasteiger charge is 2.17. The molecule has 5 nitrogen and oxygen atoms in total. The molecule has 0 saturated heterocycles. The van der Waals surface area contributed by atoms with Crippen LogP contribution in [0.15, 0.2) is 48.7 Å². The lowest BCUT2D eigenvalue weighted by Crippen LogP contribution is -2.10. The highest BCUT2D eigenvalue weighted by atomic mass is 32.1. The van der Waals surface area contributed by atoms with Gasteiger partial charge in [0, 0.05) is 11.8 Å². The van der Waals surface area contributed by atoms with Crippen LogP contribution >= 0.6 is 11.3 Å². The minimum Gasteiger partial charge on any atom is -0.490 e. The van der Waals surface area contributed by atoms with E-state index in [2.05, 4.69) is 11.1 Å². The molecule has 1 aromatic heterocycles. The zero-order valence-corrected chi connectivity index (χ0v) is 17.4.